The summed E-state index contributed by atoms with van der Waals surface area (Å²) in [5, 5.41) is 7.27. The Morgan fingerprint density at radius 3 is 2.20 bits per heavy atom. The summed E-state index contributed by atoms with van der Waals surface area (Å²) in [7, 11) is 4.05. The molecule has 3 aromatic rings. The average Bonchev–Trinajstić information content (AvgIpc) is 2.98. The van der Waals surface area contributed by atoms with E-state index >= 15 is 0 Å². The van der Waals surface area contributed by atoms with Crippen LogP contribution in [0.2, 0.25) is 0 Å². The third-order valence-electron chi connectivity index (χ3n) is 3.17. The minimum atomic E-state index is 0.720. The molecule has 0 fully saturated rings. The molecule has 0 bridgehead atoms. The van der Waals surface area contributed by atoms with Gasteiger partial charge in [0, 0.05) is 30.9 Å². The Labute approximate surface area is 118 Å². The molecule has 0 saturated heterocycles. The summed E-state index contributed by atoms with van der Waals surface area (Å²) >= 11 is 0. The predicted molar refractivity (Wildman–Crippen MR) is 81.6 cm³/mol. The van der Waals surface area contributed by atoms with Crippen LogP contribution in [-0.2, 0) is 0 Å². The van der Waals surface area contributed by atoms with Gasteiger partial charge in [-0.3, -0.25) is 5.10 Å². The molecule has 4 nitrogen and oxygen atoms in total. The number of benzene rings is 2. The van der Waals surface area contributed by atoms with E-state index in [1.165, 1.54) is 0 Å². The van der Waals surface area contributed by atoms with Gasteiger partial charge in [-0.05, 0) is 24.3 Å². The van der Waals surface area contributed by atoms with Crippen molar-refractivity contribution in [2.24, 2.45) is 0 Å². The minimum Gasteiger partial charge on any atom is -0.378 e. The Kier molecular flexibility index (Phi) is 3.21. The van der Waals surface area contributed by atoms with Gasteiger partial charge in [-0.2, -0.15) is 5.10 Å². The highest BCUT2D eigenvalue weighted by Crippen LogP contribution is 2.22. The first-order valence-electron chi connectivity index (χ1n) is 6.49. The second-order valence-electron chi connectivity index (χ2n) is 4.81. The van der Waals surface area contributed by atoms with Gasteiger partial charge in [0.1, 0.15) is 0 Å². The number of H-pyrrole nitrogens is 1. The average molecular weight is 264 g/mol. The van der Waals surface area contributed by atoms with E-state index in [0.29, 0.717) is 0 Å². The Morgan fingerprint density at radius 2 is 1.55 bits per heavy atom. The molecule has 100 valence electrons. The lowest BCUT2D eigenvalue weighted by Crippen LogP contribution is -2.07. The largest absolute Gasteiger partial charge is 0.378 e. The van der Waals surface area contributed by atoms with Gasteiger partial charge in [0.15, 0.2) is 11.6 Å². The van der Waals surface area contributed by atoms with Crippen molar-refractivity contribution in [3.05, 3.63) is 54.6 Å². The molecule has 1 heterocycles. The molecule has 0 spiro atoms. The highest BCUT2D eigenvalue weighted by atomic mass is 15.2. The van der Waals surface area contributed by atoms with E-state index in [4.69, 9.17) is 0 Å². The Bertz CT molecular complexity index is 684. The summed E-state index contributed by atoms with van der Waals surface area (Å²) in [6.07, 6.45) is 0. The number of nitrogens with one attached hydrogen (secondary N) is 1. The summed E-state index contributed by atoms with van der Waals surface area (Å²) < 4.78 is 0. The fourth-order valence-electron chi connectivity index (χ4n) is 2.02. The van der Waals surface area contributed by atoms with Gasteiger partial charge in [-0.25, -0.2) is 4.98 Å². The van der Waals surface area contributed by atoms with Crippen molar-refractivity contribution in [1.29, 1.82) is 0 Å². The maximum absolute atomic E-state index is 4.54. The van der Waals surface area contributed by atoms with Gasteiger partial charge < -0.3 is 4.90 Å². The van der Waals surface area contributed by atoms with Gasteiger partial charge >= 0.3 is 0 Å². The van der Waals surface area contributed by atoms with Gasteiger partial charge in [0.25, 0.3) is 0 Å². The number of hydrogen-bond acceptors (Lipinski definition) is 3. The maximum atomic E-state index is 4.54. The molecule has 0 aliphatic rings. The summed E-state index contributed by atoms with van der Waals surface area (Å²) in [6, 6.07) is 18.2. The van der Waals surface area contributed by atoms with E-state index in [0.717, 1.165) is 28.5 Å². The second-order valence-corrected chi connectivity index (χ2v) is 4.81. The normalized spacial score (nSPS) is 10.5. The van der Waals surface area contributed by atoms with Crippen LogP contribution in [-0.4, -0.2) is 29.3 Å². The van der Waals surface area contributed by atoms with Crippen LogP contribution in [0.15, 0.2) is 54.6 Å². The molecule has 20 heavy (non-hydrogen) atoms. The molecule has 1 N–H and O–H groups in total. The molecule has 0 radical (unpaired) electrons. The van der Waals surface area contributed by atoms with Crippen molar-refractivity contribution in [2.45, 2.75) is 0 Å². The summed E-state index contributed by atoms with van der Waals surface area (Å²) in [5.74, 6) is 1.51. The van der Waals surface area contributed by atoms with Crippen LogP contribution < -0.4 is 4.90 Å². The van der Waals surface area contributed by atoms with Crippen molar-refractivity contribution in [1.82, 2.24) is 15.2 Å². The smallest absolute Gasteiger partial charge is 0.181 e. The Morgan fingerprint density at radius 1 is 0.850 bits per heavy atom. The number of aromatic amines is 1. The van der Waals surface area contributed by atoms with Crippen molar-refractivity contribution in [3.8, 4) is 22.8 Å². The molecule has 1 aromatic heterocycles. The van der Waals surface area contributed by atoms with Gasteiger partial charge in [0.2, 0.25) is 0 Å². The molecule has 0 amide bonds. The summed E-state index contributed by atoms with van der Waals surface area (Å²) in [5.41, 5.74) is 3.21. The van der Waals surface area contributed by atoms with Crippen LogP contribution in [0, 0.1) is 0 Å². The first-order valence-corrected chi connectivity index (χ1v) is 6.49. The molecular formula is C16H16N4. The molecule has 0 aliphatic carbocycles. The van der Waals surface area contributed by atoms with Gasteiger partial charge in [-0.1, -0.05) is 30.3 Å². The van der Waals surface area contributed by atoms with E-state index in [2.05, 4.69) is 32.2 Å². The number of hydrogen-bond donors (Lipinski definition) is 1. The summed E-state index contributed by atoms with van der Waals surface area (Å²) in [4.78, 5) is 6.61. The van der Waals surface area contributed by atoms with E-state index in [1.807, 2.05) is 56.6 Å². The molecule has 0 unspecified atom stereocenters. The fourth-order valence-corrected chi connectivity index (χ4v) is 2.02. The number of rotatable bonds is 3. The number of anilines is 1. The van der Waals surface area contributed by atoms with Crippen molar-refractivity contribution in [3.63, 3.8) is 0 Å². The first kappa shape index (κ1) is 12.4. The number of aromatic nitrogens is 3. The molecule has 3 rings (SSSR count). The van der Waals surface area contributed by atoms with Crippen LogP contribution in [0.3, 0.4) is 0 Å². The lowest BCUT2D eigenvalue weighted by Gasteiger charge is -2.11. The van der Waals surface area contributed by atoms with Crippen LogP contribution in [0.25, 0.3) is 22.8 Å². The molecule has 0 atom stereocenters. The predicted octanol–water partition coefficient (Wildman–Crippen LogP) is 3.20. The maximum Gasteiger partial charge on any atom is 0.181 e. The molecular weight excluding hydrogens is 248 g/mol. The summed E-state index contributed by atoms with van der Waals surface area (Å²) in [6.45, 7) is 0. The topological polar surface area (TPSA) is 44.8 Å². The zero-order valence-corrected chi connectivity index (χ0v) is 11.5. The number of nitrogens with zero attached hydrogens (tertiary/aromatic N) is 3. The molecule has 0 aliphatic heterocycles. The molecule has 2 aromatic carbocycles. The van der Waals surface area contributed by atoms with Crippen molar-refractivity contribution >= 4 is 5.69 Å². The van der Waals surface area contributed by atoms with Gasteiger partial charge in [0.05, 0.1) is 0 Å². The fraction of sp³-hybridized carbons (Fsp3) is 0.125. The van der Waals surface area contributed by atoms with E-state index in [1.54, 1.807) is 0 Å². The Balaban J connectivity index is 1.90. The van der Waals surface area contributed by atoms with Crippen LogP contribution in [0.1, 0.15) is 0 Å². The van der Waals surface area contributed by atoms with Crippen LogP contribution in [0.5, 0.6) is 0 Å². The standard InChI is InChI=1S/C16H16N4/c1-20(2)14-10-8-13(9-11-14)16-17-15(18-19-16)12-6-4-3-5-7-12/h3-11H,1-2H3,(H,17,18,19). The molecule has 4 heteroatoms. The van der Waals surface area contributed by atoms with Crippen molar-refractivity contribution < 1.29 is 0 Å². The minimum absolute atomic E-state index is 0.720. The van der Waals surface area contributed by atoms with Crippen molar-refractivity contribution in [2.75, 3.05) is 19.0 Å². The van der Waals surface area contributed by atoms with Gasteiger partial charge in [-0.15, -0.1) is 0 Å². The highest BCUT2D eigenvalue weighted by molar-refractivity contribution is 5.63. The SMILES string of the molecule is CN(C)c1ccc(-c2nc(-c3ccccc3)n[nH]2)cc1. The van der Waals surface area contributed by atoms with Crippen LogP contribution >= 0.6 is 0 Å². The molecule has 0 saturated carbocycles. The third-order valence-corrected chi connectivity index (χ3v) is 3.17. The third kappa shape index (κ3) is 2.40. The van der Waals surface area contributed by atoms with E-state index < -0.39 is 0 Å². The first-order chi connectivity index (χ1) is 9.74. The monoisotopic (exact) mass is 264 g/mol. The van der Waals surface area contributed by atoms with Crippen LogP contribution in [0.4, 0.5) is 5.69 Å². The highest BCUT2D eigenvalue weighted by Gasteiger charge is 2.07. The van der Waals surface area contributed by atoms with E-state index in [9.17, 15) is 0 Å². The zero-order chi connectivity index (χ0) is 13.9. The Hall–Kier alpha value is -2.62. The lowest BCUT2D eigenvalue weighted by atomic mass is 10.2. The van der Waals surface area contributed by atoms with E-state index in [-0.39, 0.29) is 0 Å². The lowest BCUT2D eigenvalue weighted by molar-refractivity contribution is 1.10. The zero-order valence-electron chi connectivity index (χ0n) is 11.5. The second kappa shape index (κ2) is 5.17. The quantitative estimate of drug-likeness (QED) is 0.790.